The van der Waals surface area contributed by atoms with Crippen molar-refractivity contribution in [2.24, 2.45) is 0 Å². The topological polar surface area (TPSA) is 75.3 Å². The van der Waals surface area contributed by atoms with E-state index in [4.69, 9.17) is 0 Å². The lowest BCUT2D eigenvalue weighted by molar-refractivity contribution is -0.115. The molecule has 0 spiro atoms. The first-order valence-corrected chi connectivity index (χ1v) is 7.61. The van der Waals surface area contributed by atoms with E-state index in [9.17, 15) is 13.2 Å². The largest absolute Gasteiger partial charge is 0.325 e. The van der Waals surface area contributed by atoms with Crippen LogP contribution < -0.4 is 10.0 Å². The molecule has 0 aliphatic rings. The van der Waals surface area contributed by atoms with Crippen molar-refractivity contribution >= 4 is 43.2 Å². The molecule has 0 saturated heterocycles. The number of nitrogens with one attached hydrogen (secondary N) is 2. The molecule has 0 bridgehead atoms. The monoisotopic (exact) mass is 320 g/mol. The number of sulfonamides is 1. The Morgan fingerprint density at radius 2 is 1.71 bits per heavy atom. The van der Waals surface area contributed by atoms with Gasteiger partial charge in [0.25, 0.3) is 0 Å². The molecule has 1 rings (SSSR count). The molecule has 7 heteroatoms. The molecule has 0 aliphatic carbocycles. The Balaban J connectivity index is 2.72. The van der Waals surface area contributed by atoms with Crippen LogP contribution in [0.1, 0.15) is 6.92 Å². The quantitative estimate of drug-likeness (QED) is 0.830. The van der Waals surface area contributed by atoms with Gasteiger partial charge in [0.1, 0.15) is 0 Å². The number of halogens is 1. The molecule has 0 fully saturated rings. The zero-order valence-corrected chi connectivity index (χ0v) is 11.8. The standard InChI is InChI=1S/C10H13BrN2O3S/c1-7(11)10(14)12-8-3-5-9(6-4-8)13-17(2,15)16/h3-7,13H,1-2H3,(H,12,14). The maximum absolute atomic E-state index is 11.4. The van der Waals surface area contributed by atoms with Gasteiger partial charge in [0.2, 0.25) is 15.9 Å². The van der Waals surface area contributed by atoms with E-state index in [0.717, 1.165) is 6.26 Å². The molecule has 1 unspecified atom stereocenters. The Morgan fingerprint density at radius 1 is 1.24 bits per heavy atom. The number of carbonyl (C=O) groups is 1. The third kappa shape index (κ3) is 5.18. The molecule has 1 aromatic rings. The maximum atomic E-state index is 11.4. The normalized spacial score (nSPS) is 12.9. The summed E-state index contributed by atoms with van der Waals surface area (Å²) < 4.78 is 24.3. The molecule has 0 aliphatic heterocycles. The van der Waals surface area contributed by atoms with Crippen molar-refractivity contribution in [3.05, 3.63) is 24.3 Å². The molecule has 17 heavy (non-hydrogen) atoms. The number of alkyl halides is 1. The Morgan fingerprint density at radius 3 is 2.12 bits per heavy atom. The van der Waals surface area contributed by atoms with Gasteiger partial charge in [-0.05, 0) is 31.2 Å². The SMILES string of the molecule is CC(Br)C(=O)Nc1ccc(NS(C)(=O)=O)cc1. The molecule has 0 aromatic heterocycles. The summed E-state index contributed by atoms with van der Waals surface area (Å²) in [6.45, 7) is 1.72. The molecular formula is C10H13BrN2O3S. The van der Waals surface area contributed by atoms with Crippen molar-refractivity contribution in [2.75, 3.05) is 16.3 Å². The fourth-order valence-electron chi connectivity index (χ4n) is 1.08. The van der Waals surface area contributed by atoms with Crippen LogP contribution in [0.25, 0.3) is 0 Å². The summed E-state index contributed by atoms with van der Waals surface area (Å²) in [5, 5.41) is 2.67. The van der Waals surface area contributed by atoms with E-state index < -0.39 is 10.0 Å². The van der Waals surface area contributed by atoms with Gasteiger partial charge in [0, 0.05) is 11.4 Å². The highest BCUT2D eigenvalue weighted by molar-refractivity contribution is 9.10. The third-order valence-electron chi connectivity index (χ3n) is 1.82. The highest BCUT2D eigenvalue weighted by Gasteiger charge is 2.08. The molecule has 94 valence electrons. The van der Waals surface area contributed by atoms with E-state index in [2.05, 4.69) is 26.0 Å². The van der Waals surface area contributed by atoms with Crippen LogP contribution in [0.15, 0.2) is 24.3 Å². The van der Waals surface area contributed by atoms with Gasteiger partial charge in [0.15, 0.2) is 0 Å². The number of anilines is 2. The van der Waals surface area contributed by atoms with Crippen molar-refractivity contribution < 1.29 is 13.2 Å². The van der Waals surface area contributed by atoms with Crippen molar-refractivity contribution in [3.8, 4) is 0 Å². The number of rotatable bonds is 4. The van der Waals surface area contributed by atoms with Crippen LogP contribution in [0.2, 0.25) is 0 Å². The summed E-state index contributed by atoms with van der Waals surface area (Å²) in [5.74, 6) is -0.158. The van der Waals surface area contributed by atoms with Gasteiger partial charge in [-0.1, -0.05) is 15.9 Å². The number of carbonyl (C=O) groups excluding carboxylic acids is 1. The Hall–Kier alpha value is -1.08. The first-order chi connectivity index (χ1) is 7.78. The predicted octanol–water partition coefficient (Wildman–Crippen LogP) is 1.78. The van der Waals surface area contributed by atoms with Crippen LogP contribution in [-0.4, -0.2) is 25.4 Å². The van der Waals surface area contributed by atoms with Crippen LogP contribution in [0, 0.1) is 0 Å². The minimum absolute atomic E-state index is 0.158. The summed E-state index contributed by atoms with van der Waals surface area (Å²) in [6.07, 6.45) is 1.08. The Bertz CT molecular complexity index is 497. The summed E-state index contributed by atoms with van der Waals surface area (Å²) in [6, 6.07) is 6.41. The number of amides is 1. The van der Waals surface area contributed by atoms with Gasteiger partial charge >= 0.3 is 0 Å². The van der Waals surface area contributed by atoms with Crippen molar-refractivity contribution in [2.45, 2.75) is 11.8 Å². The van der Waals surface area contributed by atoms with Crippen LogP contribution in [0.3, 0.4) is 0 Å². The first kappa shape index (κ1) is 14.0. The Kier molecular flexibility index (Phi) is 4.53. The Labute approximate surface area is 109 Å². The fourth-order valence-corrected chi connectivity index (χ4v) is 1.76. The zero-order chi connectivity index (χ0) is 13.1. The molecule has 0 saturated carbocycles. The van der Waals surface area contributed by atoms with Gasteiger partial charge in [-0.15, -0.1) is 0 Å². The maximum Gasteiger partial charge on any atom is 0.237 e. The van der Waals surface area contributed by atoms with Gasteiger partial charge in [-0.25, -0.2) is 8.42 Å². The van der Waals surface area contributed by atoms with Crippen LogP contribution in [-0.2, 0) is 14.8 Å². The number of benzene rings is 1. The van der Waals surface area contributed by atoms with Crippen molar-refractivity contribution in [1.29, 1.82) is 0 Å². The molecule has 1 amide bonds. The average Bonchev–Trinajstić information content (AvgIpc) is 2.18. The van der Waals surface area contributed by atoms with Crippen LogP contribution in [0.4, 0.5) is 11.4 Å². The average molecular weight is 321 g/mol. The second-order valence-corrected chi connectivity index (χ2v) is 6.68. The minimum atomic E-state index is -3.27. The molecule has 0 heterocycles. The second-order valence-electron chi connectivity index (χ2n) is 3.56. The molecule has 5 nitrogen and oxygen atoms in total. The lowest BCUT2D eigenvalue weighted by Crippen LogP contribution is -2.19. The summed E-state index contributed by atoms with van der Waals surface area (Å²) in [7, 11) is -3.27. The molecule has 1 aromatic carbocycles. The highest BCUT2D eigenvalue weighted by Crippen LogP contribution is 2.15. The molecular weight excluding hydrogens is 308 g/mol. The molecule has 0 radical (unpaired) electrons. The van der Waals surface area contributed by atoms with Crippen molar-refractivity contribution in [1.82, 2.24) is 0 Å². The predicted molar refractivity (Wildman–Crippen MR) is 71.9 cm³/mol. The third-order valence-corrected chi connectivity index (χ3v) is 2.84. The van der Waals surface area contributed by atoms with E-state index in [1.165, 1.54) is 0 Å². The smallest absolute Gasteiger partial charge is 0.237 e. The van der Waals surface area contributed by atoms with Crippen LogP contribution >= 0.6 is 15.9 Å². The molecule has 1 atom stereocenters. The fraction of sp³-hybridized carbons (Fsp3) is 0.300. The molecule has 2 N–H and O–H groups in total. The van der Waals surface area contributed by atoms with Crippen LogP contribution in [0.5, 0.6) is 0 Å². The van der Waals surface area contributed by atoms with E-state index in [-0.39, 0.29) is 10.7 Å². The summed E-state index contributed by atoms with van der Waals surface area (Å²) in [5.41, 5.74) is 1.07. The first-order valence-electron chi connectivity index (χ1n) is 4.81. The minimum Gasteiger partial charge on any atom is -0.325 e. The lowest BCUT2D eigenvalue weighted by atomic mass is 10.3. The summed E-state index contributed by atoms with van der Waals surface area (Å²) >= 11 is 3.15. The van der Waals surface area contributed by atoms with E-state index in [1.54, 1.807) is 31.2 Å². The van der Waals surface area contributed by atoms with Gasteiger partial charge in [-0.2, -0.15) is 0 Å². The van der Waals surface area contributed by atoms with E-state index in [1.807, 2.05) is 0 Å². The number of hydrogen-bond acceptors (Lipinski definition) is 3. The lowest BCUT2D eigenvalue weighted by Gasteiger charge is -2.08. The van der Waals surface area contributed by atoms with E-state index in [0.29, 0.717) is 11.4 Å². The highest BCUT2D eigenvalue weighted by atomic mass is 79.9. The number of hydrogen-bond donors (Lipinski definition) is 2. The zero-order valence-electron chi connectivity index (χ0n) is 9.40. The van der Waals surface area contributed by atoms with E-state index >= 15 is 0 Å². The van der Waals surface area contributed by atoms with Gasteiger partial charge in [0.05, 0.1) is 11.1 Å². The van der Waals surface area contributed by atoms with Gasteiger partial charge in [-0.3, -0.25) is 9.52 Å². The second kappa shape index (κ2) is 5.50. The summed E-state index contributed by atoms with van der Waals surface area (Å²) in [4.78, 5) is 11.1. The van der Waals surface area contributed by atoms with Crippen molar-refractivity contribution in [3.63, 3.8) is 0 Å². The van der Waals surface area contributed by atoms with Gasteiger partial charge < -0.3 is 5.32 Å².